The van der Waals surface area contributed by atoms with Gasteiger partial charge in [-0.05, 0) is 19.2 Å². The number of quaternary nitrogens is 1. The number of rotatable bonds is 1. The minimum atomic E-state index is -1.14. The van der Waals surface area contributed by atoms with E-state index in [4.69, 9.17) is 11.6 Å². The Morgan fingerprint density at radius 1 is 1.56 bits per heavy atom. The van der Waals surface area contributed by atoms with Crippen LogP contribution in [0.5, 0.6) is 0 Å². The third-order valence-electron chi connectivity index (χ3n) is 3.22. The molecule has 0 N–H and O–H groups in total. The maximum Gasteiger partial charge on any atom is 1.00 e. The van der Waals surface area contributed by atoms with Crippen molar-refractivity contribution in [3.05, 3.63) is 23.4 Å². The summed E-state index contributed by atoms with van der Waals surface area (Å²) in [4.78, 5) is 17.7. The SMILES string of the molecule is CN1CC[N+](C(=O)[O-])(c2ncccc2Cl)CC1.[H-].[K+]. The van der Waals surface area contributed by atoms with E-state index in [1.165, 1.54) is 0 Å². The van der Waals surface area contributed by atoms with Gasteiger partial charge in [-0.3, -0.25) is 4.90 Å². The van der Waals surface area contributed by atoms with Crippen molar-refractivity contribution >= 4 is 23.5 Å². The molecule has 1 aliphatic heterocycles. The summed E-state index contributed by atoms with van der Waals surface area (Å²) in [6.45, 7) is 2.22. The van der Waals surface area contributed by atoms with E-state index in [9.17, 15) is 9.90 Å². The van der Waals surface area contributed by atoms with Gasteiger partial charge in [0.2, 0.25) is 0 Å². The van der Waals surface area contributed by atoms with Crippen LogP contribution in [0, 0.1) is 0 Å². The molecule has 5 nitrogen and oxygen atoms in total. The van der Waals surface area contributed by atoms with E-state index in [0.29, 0.717) is 37.0 Å². The van der Waals surface area contributed by atoms with Crippen LogP contribution >= 0.6 is 11.6 Å². The summed E-state index contributed by atoms with van der Waals surface area (Å²) in [6.07, 6.45) is 0.418. The molecule has 94 valence electrons. The first kappa shape index (κ1) is 16.5. The fourth-order valence-electron chi connectivity index (χ4n) is 2.08. The standard InChI is InChI=1S/C11H14ClN3O2.K.H/c1-14-5-7-15(8-6-14,11(16)17)10-9(12)3-2-4-13-10;;/h2-4H,5-8H2,1H3;;/q;+1;-1. The average Bonchev–Trinajstić information content (AvgIpc) is 2.31. The van der Waals surface area contributed by atoms with Crippen molar-refractivity contribution in [1.82, 2.24) is 14.4 Å². The second-order valence-electron chi connectivity index (χ2n) is 4.29. The van der Waals surface area contributed by atoms with Gasteiger partial charge in [0.1, 0.15) is 18.1 Å². The number of likely N-dealkylation sites (N-methyl/N-ethyl adjacent to an activating group) is 1. The minimum Gasteiger partial charge on any atom is -1.00 e. The van der Waals surface area contributed by atoms with Crippen LogP contribution in [0.25, 0.3) is 0 Å². The van der Waals surface area contributed by atoms with Crippen molar-refractivity contribution < 1.29 is 62.7 Å². The van der Waals surface area contributed by atoms with Crippen LogP contribution in [0.4, 0.5) is 10.6 Å². The molecule has 0 unspecified atom stereocenters. The minimum absolute atomic E-state index is 0. The number of halogens is 1. The topological polar surface area (TPSA) is 56.3 Å². The van der Waals surface area contributed by atoms with Gasteiger partial charge in [0, 0.05) is 19.3 Å². The van der Waals surface area contributed by atoms with Gasteiger partial charge in [-0.25, -0.2) is 9.47 Å². The Hall–Kier alpha value is 0.466. The average molecular weight is 296 g/mol. The maximum atomic E-state index is 11.5. The summed E-state index contributed by atoms with van der Waals surface area (Å²) in [5, 5.41) is 11.9. The number of carboxylic acid groups (broad SMARTS) is 1. The third-order valence-corrected chi connectivity index (χ3v) is 3.52. The molecule has 1 aliphatic rings. The molecule has 1 aromatic heterocycles. The van der Waals surface area contributed by atoms with E-state index in [2.05, 4.69) is 9.88 Å². The monoisotopic (exact) mass is 295 g/mol. The number of hydrogen-bond donors (Lipinski definition) is 0. The van der Waals surface area contributed by atoms with Crippen LogP contribution in [-0.2, 0) is 0 Å². The van der Waals surface area contributed by atoms with Gasteiger partial charge in [-0.1, -0.05) is 11.6 Å². The first-order valence-electron chi connectivity index (χ1n) is 5.44. The first-order chi connectivity index (χ1) is 8.06. The summed E-state index contributed by atoms with van der Waals surface area (Å²) >= 11 is 6.04. The molecule has 0 bridgehead atoms. The van der Waals surface area contributed by atoms with Gasteiger partial charge in [-0.2, -0.15) is 0 Å². The zero-order valence-corrected chi connectivity index (χ0v) is 14.5. The molecule has 2 rings (SSSR count). The molecule has 18 heavy (non-hydrogen) atoms. The number of aromatic nitrogens is 1. The fraction of sp³-hybridized carbons (Fsp3) is 0.455. The van der Waals surface area contributed by atoms with Gasteiger partial charge in [0.05, 0.1) is 0 Å². The molecule has 0 aromatic carbocycles. The third kappa shape index (κ3) is 3.13. The molecule has 7 heteroatoms. The van der Waals surface area contributed by atoms with Gasteiger partial charge < -0.3 is 11.3 Å². The zero-order chi connectivity index (χ0) is 12.5. The van der Waals surface area contributed by atoms with Gasteiger partial charge in [-0.15, -0.1) is 0 Å². The maximum absolute atomic E-state index is 11.5. The van der Waals surface area contributed by atoms with Crippen LogP contribution in [0.3, 0.4) is 0 Å². The largest absolute Gasteiger partial charge is 1.00 e. The zero-order valence-electron chi connectivity index (χ0n) is 11.6. The van der Waals surface area contributed by atoms with Crippen molar-refractivity contribution in [2.75, 3.05) is 33.2 Å². The van der Waals surface area contributed by atoms with Crippen LogP contribution in [-0.4, -0.2) is 49.2 Å². The smallest absolute Gasteiger partial charge is 1.00 e. The second kappa shape index (κ2) is 6.76. The molecule has 1 aromatic rings. The molecule has 1 amide bonds. The van der Waals surface area contributed by atoms with E-state index in [1.54, 1.807) is 18.3 Å². The van der Waals surface area contributed by atoms with Crippen LogP contribution < -0.4 is 61.0 Å². The van der Waals surface area contributed by atoms with Gasteiger partial charge in [0.15, 0.2) is 0 Å². The predicted molar refractivity (Wildman–Crippen MR) is 64.8 cm³/mol. The molecule has 1 saturated heterocycles. The van der Waals surface area contributed by atoms with Crippen molar-refractivity contribution in [2.24, 2.45) is 0 Å². The molecular formula is C11H15ClKN3O2. The molecule has 0 atom stereocenters. The summed E-state index contributed by atoms with van der Waals surface area (Å²) in [5.41, 5.74) is 0. The van der Waals surface area contributed by atoms with E-state index in [-0.39, 0.29) is 57.3 Å². The number of hydrogen-bond acceptors (Lipinski definition) is 4. The first-order valence-corrected chi connectivity index (χ1v) is 5.82. The number of carbonyl (C=O) groups is 1. The predicted octanol–water partition coefficient (Wildman–Crippen LogP) is -2.55. The Morgan fingerprint density at radius 2 is 2.17 bits per heavy atom. The number of piperazine rings is 1. The molecular weight excluding hydrogens is 281 g/mol. The Bertz CT molecular complexity index is 442. The number of amides is 1. The summed E-state index contributed by atoms with van der Waals surface area (Å²) < 4.78 is -0.288. The van der Waals surface area contributed by atoms with Gasteiger partial charge in [0.25, 0.3) is 11.9 Å². The summed E-state index contributed by atoms with van der Waals surface area (Å²) in [7, 11) is 1.96. The van der Waals surface area contributed by atoms with E-state index >= 15 is 0 Å². The van der Waals surface area contributed by atoms with E-state index in [1.807, 2.05) is 7.05 Å². The number of nitrogens with zero attached hydrogens (tertiary/aromatic N) is 3. The Morgan fingerprint density at radius 3 is 2.67 bits per heavy atom. The molecule has 0 radical (unpaired) electrons. The van der Waals surface area contributed by atoms with E-state index in [0.717, 1.165) is 0 Å². The van der Waals surface area contributed by atoms with E-state index < -0.39 is 6.09 Å². The quantitative estimate of drug-likeness (QED) is 0.423. The normalized spacial score (nSPS) is 19.0. The van der Waals surface area contributed by atoms with Crippen LogP contribution in [0.2, 0.25) is 5.02 Å². The number of carbonyl (C=O) groups excluding carboxylic acids is 1. The fourth-order valence-corrected chi connectivity index (χ4v) is 2.36. The Labute approximate surface area is 155 Å². The Kier molecular flexibility index (Phi) is 6.21. The van der Waals surface area contributed by atoms with Crippen molar-refractivity contribution in [1.29, 1.82) is 0 Å². The van der Waals surface area contributed by atoms with Crippen molar-refractivity contribution in [3.63, 3.8) is 0 Å². The summed E-state index contributed by atoms with van der Waals surface area (Å²) in [5.74, 6) is 0.377. The van der Waals surface area contributed by atoms with Crippen molar-refractivity contribution in [3.8, 4) is 0 Å². The van der Waals surface area contributed by atoms with Gasteiger partial charge >= 0.3 is 51.4 Å². The molecule has 0 saturated carbocycles. The molecule has 1 fully saturated rings. The number of pyridine rings is 1. The summed E-state index contributed by atoms with van der Waals surface area (Å²) in [6, 6.07) is 3.35. The van der Waals surface area contributed by atoms with Crippen molar-refractivity contribution in [2.45, 2.75) is 0 Å². The second-order valence-corrected chi connectivity index (χ2v) is 4.70. The van der Waals surface area contributed by atoms with Crippen LogP contribution in [0.15, 0.2) is 18.3 Å². The molecule has 2 heterocycles. The Balaban J connectivity index is 0.00000162. The molecule has 0 spiro atoms. The molecule has 0 aliphatic carbocycles. The van der Waals surface area contributed by atoms with Crippen LogP contribution in [0.1, 0.15) is 1.43 Å².